The molecule has 9 atom stereocenters. The Kier molecular flexibility index (Phi) is 8.08. The van der Waals surface area contributed by atoms with Gasteiger partial charge >= 0.3 is 5.97 Å². The molecule has 1 aliphatic heterocycles. The van der Waals surface area contributed by atoms with Gasteiger partial charge in [-0.05, 0) is 75.5 Å². The van der Waals surface area contributed by atoms with Gasteiger partial charge in [0.1, 0.15) is 12.2 Å². The highest BCUT2D eigenvalue weighted by atomic mass is 16.7. The third-order valence-corrected chi connectivity index (χ3v) is 9.13. The van der Waals surface area contributed by atoms with E-state index in [1.54, 1.807) is 13.0 Å². The van der Waals surface area contributed by atoms with E-state index in [-0.39, 0.29) is 5.41 Å². The van der Waals surface area contributed by atoms with Crippen molar-refractivity contribution in [2.45, 2.75) is 123 Å². The van der Waals surface area contributed by atoms with Crippen LogP contribution in [0.15, 0.2) is 24.3 Å². The molecule has 0 bridgehead atoms. The van der Waals surface area contributed by atoms with Crippen molar-refractivity contribution < 1.29 is 29.2 Å². The summed E-state index contributed by atoms with van der Waals surface area (Å²) < 4.78 is 17.5. The molecule has 0 spiro atoms. The number of aliphatic hydroxyl groups is 2. The summed E-state index contributed by atoms with van der Waals surface area (Å²) in [5.74, 6) is 0.549. The summed E-state index contributed by atoms with van der Waals surface area (Å²) in [6.07, 6.45) is 5.58. The third kappa shape index (κ3) is 5.30. The van der Waals surface area contributed by atoms with Gasteiger partial charge in [0, 0.05) is 6.92 Å². The van der Waals surface area contributed by atoms with Crippen LogP contribution in [0.5, 0.6) is 0 Å². The molecular formula is C28H46O6. The summed E-state index contributed by atoms with van der Waals surface area (Å²) in [6.45, 7) is 18.5. The van der Waals surface area contributed by atoms with Crippen LogP contribution in [0, 0.1) is 22.7 Å². The van der Waals surface area contributed by atoms with Gasteiger partial charge in [-0.2, -0.15) is 0 Å². The van der Waals surface area contributed by atoms with E-state index in [0.29, 0.717) is 17.3 Å². The molecule has 6 nitrogen and oxygen atoms in total. The number of fused-ring (bicyclic) bond motifs is 1. The molecule has 1 heterocycles. The highest BCUT2D eigenvalue weighted by molar-refractivity contribution is 5.66. The molecule has 2 N–H and O–H groups in total. The molecule has 1 saturated heterocycles. The number of carbonyl (C=O) groups is 1. The molecule has 2 aliphatic carbocycles. The first-order chi connectivity index (χ1) is 15.7. The number of hydrogen-bond donors (Lipinski definition) is 2. The van der Waals surface area contributed by atoms with Crippen LogP contribution in [0.4, 0.5) is 0 Å². The largest absolute Gasteiger partial charge is 0.454 e. The Balaban J connectivity index is 1.78. The number of aliphatic hydroxyl groups excluding tert-OH is 2. The van der Waals surface area contributed by atoms with Gasteiger partial charge in [0.05, 0.1) is 11.7 Å². The van der Waals surface area contributed by atoms with Gasteiger partial charge in [0.2, 0.25) is 0 Å². The molecule has 194 valence electrons. The number of carbonyl (C=O) groups excluding carboxylic acids is 1. The second-order valence-corrected chi connectivity index (χ2v) is 12.1. The lowest BCUT2D eigenvalue weighted by Gasteiger charge is -2.57. The highest BCUT2D eigenvalue weighted by Crippen LogP contribution is 2.60. The van der Waals surface area contributed by atoms with Crippen molar-refractivity contribution in [2.75, 3.05) is 0 Å². The maximum absolute atomic E-state index is 11.7. The number of allylic oxidation sites excluding steroid dienone is 2. The minimum atomic E-state index is -1.29. The molecule has 0 amide bonds. The molecule has 3 rings (SSSR count). The molecule has 6 heteroatoms. The van der Waals surface area contributed by atoms with Crippen molar-refractivity contribution >= 4 is 5.97 Å². The van der Waals surface area contributed by atoms with Gasteiger partial charge in [-0.25, -0.2) is 0 Å². The standard InChI is InChI=1S/C28H46O6/c1-9-27(7,34-25-24(33-19(4)29)23(31)22(30)18(3)32-25)16-13-20-17(2)11-12-21-26(5,6)14-10-15-28(20,21)8/h9,11,18,20-25,30-31H,1,10,12-16H2,2-8H3/t18-,20-,21-,22-,23+,24+,25-,27-,28+/m0/s1. The van der Waals surface area contributed by atoms with Crippen molar-refractivity contribution in [3.8, 4) is 0 Å². The Morgan fingerprint density at radius 3 is 2.59 bits per heavy atom. The fourth-order valence-electron chi connectivity index (χ4n) is 7.01. The highest BCUT2D eigenvalue weighted by Gasteiger charge is 2.52. The molecule has 3 aliphatic rings. The number of esters is 1. The van der Waals surface area contributed by atoms with Gasteiger partial charge in [-0.1, -0.05) is 44.9 Å². The molecule has 0 aromatic carbocycles. The van der Waals surface area contributed by atoms with Gasteiger partial charge < -0.3 is 24.4 Å². The maximum atomic E-state index is 11.7. The summed E-state index contributed by atoms with van der Waals surface area (Å²) in [6, 6.07) is 0. The minimum absolute atomic E-state index is 0.249. The third-order valence-electron chi connectivity index (χ3n) is 9.13. The first-order valence-corrected chi connectivity index (χ1v) is 12.9. The fourth-order valence-corrected chi connectivity index (χ4v) is 7.01. The number of ether oxygens (including phenoxy) is 3. The normalized spacial score (nSPS) is 41.6. The predicted octanol–water partition coefficient (Wildman–Crippen LogP) is 4.93. The van der Waals surface area contributed by atoms with E-state index in [9.17, 15) is 15.0 Å². The molecule has 0 aromatic heterocycles. The first-order valence-electron chi connectivity index (χ1n) is 12.9. The average Bonchev–Trinajstić information content (AvgIpc) is 2.73. The van der Waals surface area contributed by atoms with Crippen molar-refractivity contribution in [2.24, 2.45) is 22.7 Å². The van der Waals surface area contributed by atoms with E-state index in [2.05, 4.69) is 40.3 Å². The quantitative estimate of drug-likeness (QED) is 0.399. The molecule has 34 heavy (non-hydrogen) atoms. The van der Waals surface area contributed by atoms with Crippen LogP contribution < -0.4 is 0 Å². The van der Waals surface area contributed by atoms with E-state index >= 15 is 0 Å². The topological polar surface area (TPSA) is 85.2 Å². The SMILES string of the molecule is C=C[C@@](C)(CC[C@H]1C(C)=CC[C@H]2C(C)(C)CCC[C@]12C)O[C@@H]1O[C@@H](C)[C@H](O)[C@@H](O)[C@H]1OC(C)=O. The molecular weight excluding hydrogens is 432 g/mol. The van der Waals surface area contributed by atoms with E-state index in [1.807, 2.05) is 6.92 Å². The zero-order valence-corrected chi connectivity index (χ0v) is 22.2. The predicted molar refractivity (Wildman–Crippen MR) is 132 cm³/mol. The lowest BCUT2D eigenvalue weighted by Crippen LogP contribution is -2.60. The molecule has 2 fully saturated rings. The second kappa shape index (κ2) is 10.0. The van der Waals surface area contributed by atoms with Crippen LogP contribution in [0.3, 0.4) is 0 Å². The van der Waals surface area contributed by atoms with Gasteiger partial charge in [-0.15, -0.1) is 6.58 Å². The van der Waals surface area contributed by atoms with Crippen LogP contribution in [0.25, 0.3) is 0 Å². The van der Waals surface area contributed by atoms with E-state index < -0.39 is 42.3 Å². The fraction of sp³-hybridized carbons (Fsp3) is 0.821. The van der Waals surface area contributed by atoms with Gasteiger partial charge in [0.15, 0.2) is 12.4 Å². The summed E-state index contributed by atoms with van der Waals surface area (Å²) in [4.78, 5) is 11.7. The summed E-state index contributed by atoms with van der Waals surface area (Å²) in [7, 11) is 0. The van der Waals surface area contributed by atoms with Gasteiger partial charge in [0.25, 0.3) is 0 Å². The first kappa shape index (κ1) is 27.4. The van der Waals surface area contributed by atoms with E-state index in [4.69, 9.17) is 14.2 Å². The number of hydrogen-bond acceptors (Lipinski definition) is 6. The zero-order chi connectivity index (χ0) is 25.5. The van der Waals surface area contributed by atoms with Crippen molar-refractivity contribution in [1.29, 1.82) is 0 Å². The Labute approximate surface area is 205 Å². The van der Waals surface area contributed by atoms with Gasteiger partial charge in [-0.3, -0.25) is 4.79 Å². The maximum Gasteiger partial charge on any atom is 0.303 e. The van der Waals surface area contributed by atoms with Crippen molar-refractivity contribution in [1.82, 2.24) is 0 Å². The molecule has 0 aromatic rings. The lowest BCUT2D eigenvalue weighted by molar-refractivity contribution is -0.315. The van der Waals surface area contributed by atoms with Crippen LogP contribution in [0.2, 0.25) is 0 Å². The van der Waals surface area contributed by atoms with Crippen molar-refractivity contribution in [3.63, 3.8) is 0 Å². The van der Waals surface area contributed by atoms with Crippen molar-refractivity contribution in [3.05, 3.63) is 24.3 Å². The smallest absolute Gasteiger partial charge is 0.303 e. The zero-order valence-electron chi connectivity index (χ0n) is 22.2. The minimum Gasteiger partial charge on any atom is -0.454 e. The van der Waals surface area contributed by atoms with Crippen LogP contribution in [-0.4, -0.2) is 52.5 Å². The summed E-state index contributed by atoms with van der Waals surface area (Å²) in [5.41, 5.74) is 1.29. The monoisotopic (exact) mass is 478 g/mol. The molecule has 0 radical (unpaired) electrons. The average molecular weight is 479 g/mol. The second-order valence-electron chi connectivity index (χ2n) is 12.1. The molecule has 0 unspecified atom stereocenters. The summed E-state index contributed by atoms with van der Waals surface area (Å²) >= 11 is 0. The van der Waals surface area contributed by atoms with Crippen LogP contribution >= 0.6 is 0 Å². The number of rotatable bonds is 7. The Morgan fingerprint density at radius 1 is 1.29 bits per heavy atom. The molecule has 1 saturated carbocycles. The van der Waals surface area contributed by atoms with Crippen LogP contribution in [0.1, 0.15) is 87.0 Å². The Morgan fingerprint density at radius 2 is 1.97 bits per heavy atom. The van der Waals surface area contributed by atoms with E-state index in [0.717, 1.165) is 19.3 Å². The van der Waals surface area contributed by atoms with E-state index in [1.165, 1.54) is 31.8 Å². The Bertz CT molecular complexity index is 790. The Hall–Kier alpha value is -1.21. The lowest BCUT2D eigenvalue weighted by atomic mass is 9.48. The van der Waals surface area contributed by atoms with Crippen LogP contribution in [-0.2, 0) is 19.0 Å². The summed E-state index contributed by atoms with van der Waals surface area (Å²) in [5, 5.41) is 20.8.